The average Bonchev–Trinajstić information content (AvgIpc) is 3.13. The molecule has 8 nitrogen and oxygen atoms in total. The fourth-order valence-corrected chi connectivity index (χ4v) is 4.98. The summed E-state index contributed by atoms with van der Waals surface area (Å²) in [5, 5.41) is 6.31. The molecule has 3 amide bonds. The van der Waals surface area contributed by atoms with Gasteiger partial charge in [-0.1, -0.05) is 41.9 Å². The predicted octanol–water partition coefficient (Wildman–Crippen LogP) is 3.59. The third-order valence-corrected chi connectivity index (χ3v) is 6.92. The molecule has 4 rings (SSSR count). The Hall–Kier alpha value is -3.43. The summed E-state index contributed by atoms with van der Waals surface area (Å²) < 4.78 is 5.93. The van der Waals surface area contributed by atoms with Gasteiger partial charge in [0.1, 0.15) is 17.0 Å². The second-order valence-corrected chi connectivity index (χ2v) is 9.27. The number of anilines is 2. The first kappa shape index (κ1) is 22.8. The van der Waals surface area contributed by atoms with Crippen LogP contribution in [0.1, 0.15) is 23.5 Å². The molecule has 0 saturated heterocycles. The van der Waals surface area contributed by atoms with Crippen molar-refractivity contribution in [3.8, 4) is 0 Å². The lowest BCUT2D eigenvalue weighted by atomic mass is 9.96. The number of rotatable bonds is 5. The molecule has 0 fully saturated rings. The molecule has 0 unspecified atom stereocenters. The second-order valence-electron chi connectivity index (χ2n) is 7.84. The van der Waals surface area contributed by atoms with Gasteiger partial charge in [0.05, 0.1) is 16.4 Å². The van der Waals surface area contributed by atoms with E-state index in [4.69, 9.17) is 16.3 Å². The van der Waals surface area contributed by atoms with Crippen LogP contribution in [0.15, 0.2) is 48.5 Å². The Bertz CT molecular complexity index is 1290. The number of halogens is 1. The highest BCUT2D eigenvalue weighted by Gasteiger charge is 2.43. The fourth-order valence-electron chi connectivity index (χ4n) is 3.55. The number of nitrogens with one attached hydrogen (secondary N) is 2. The Morgan fingerprint density at radius 3 is 2.58 bits per heavy atom. The first-order valence-corrected chi connectivity index (χ1v) is 11.2. The first-order valence-electron chi connectivity index (χ1n) is 10.0. The van der Waals surface area contributed by atoms with Crippen molar-refractivity contribution < 1.29 is 23.9 Å². The maximum atomic E-state index is 12.9. The van der Waals surface area contributed by atoms with Gasteiger partial charge in [-0.3, -0.25) is 24.1 Å². The highest BCUT2D eigenvalue weighted by Crippen LogP contribution is 2.37. The van der Waals surface area contributed by atoms with Crippen LogP contribution in [-0.4, -0.2) is 42.4 Å². The summed E-state index contributed by atoms with van der Waals surface area (Å²) in [5.74, 6) is -2.21. The van der Waals surface area contributed by atoms with Crippen LogP contribution in [0.4, 0.5) is 11.4 Å². The van der Waals surface area contributed by atoms with Crippen LogP contribution in [0.25, 0.3) is 10.1 Å². The number of ether oxygens (including phenoxy) is 1. The Morgan fingerprint density at radius 2 is 1.82 bits per heavy atom. The van der Waals surface area contributed by atoms with Crippen LogP contribution in [0, 0.1) is 0 Å². The van der Waals surface area contributed by atoms with Crippen molar-refractivity contribution in [2.75, 3.05) is 23.4 Å². The lowest BCUT2D eigenvalue weighted by molar-refractivity contribution is -0.147. The summed E-state index contributed by atoms with van der Waals surface area (Å²) in [4.78, 5) is 51.6. The summed E-state index contributed by atoms with van der Waals surface area (Å²) in [5.41, 5.74) is -0.172. The number of benzene rings is 2. The van der Waals surface area contributed by atoms with Crippen molar-refractivity contribution in [2.24, 2.45) is 0 Å². The molecule has 1 aromatic heterocycles. The highest BCUT2D eigenvalue weighted by molar-refractivity contribution is 7.21. The summed E-state index contributed by atoms with van der Waals surface area (Å²) in [7, 11) is 0. The van der Waals surface area contributed by atoms with Gasteiger partial charge in [-0.25, -0.2) is 0 Å². The molecule has 170 valence electrons. The molecule has 2 N–H and O–H groups in total. The van der Waals surface area contributed by atoms with Crippen molar-refractivity contribution in [2.45, 2.75) is 19.4 Å². The quantitative estimate of drug-likeness (QED) is 0.537. The maximum Gasteiger partial charge on any atom is 0.325 e. The van der Waals surface area contributed by atoms with Crippen molar-refractivity contribution >= 4 is 68.1 Å². The van der Waals surface area contributed by atoms with Gasteiger partial charge in [0.2, 0.25) is 5.91 Å². The molecule has 3 aromatic rings. The summed E-state index contributed by atoms with van der Waals surface area (Å²) >= 11 is 7.51. The molecule has 10 heteroatoms. The van der Waals surface area contributed by atoms with E-state index in [1.54, 1.807) is 38.1 Å². The Kier molecular flexibility index (Phi) is 6.09. The Balaban J connectivity index is 1.38. The van der Waals surface area contributed by atoms with E-state index in [2.05, 4.69) is 10.6 Å². The van der Waals surface area contributed by atoms with Gasteiger partial charge in [-0.15, -0.1) is 11.3 Å². The van der Waals surface area contributed by atoms with E-state index in [9.17, 15) is 19.2 Å². The third kappa shape index (κ3) is 4.29. The first-order chi connectivity index (χ1) is 15.7. The molecule has 1 aliphatic rings. The molecule has 2 aromatic carbocycles. The molecule has 33 heavy (non-hydrogen) atoms. The highest BCUT2D eigenvalue weighted by atomic mass is 35.5. The number of esters is 1. The van der Waals surface area contributed by atoms with E-state index in [1.165, 1.54) is 16.2 Å². The molecule has 0 bridgehead atoms. The van der Waals surface area contributed by atoms with Crippen LogP contribution in [0.3, 0.4) is 0 Å². The summed E-state index contributed by atoms with van der Waals surface area (Å²) in [6.07, 6.45) is 0. The summed E-state index contributed by atoms with van der Waals surface area (Å²) in [6, 6.07) is 14.2. The Morgan fingerprint density at radius 1 is 1.12 bits per heavy atom. The van der Waals surface area contributed by atoms with E-state index in [-0.39, 0.29) is 5.91 Å². The molecule has 0 atom stereocenters. The zero-order chi connectivity index (χ0) is 23.8. The monoisotopic (exact) mass is 485 g/mol. The Labute approximate surface area is 198 Å². The number of fused-ring (bicyclic) bond motifs is 2. The largest absolute Gasteiger partial charge is 0.454 e. The van der Waals surface area contributed by atoms with Gasteiger partial charge in [-0.2, -0.15) is 0 Å². The number of hydrogen-bond donors (Lipinski definition) is 2. The smallest absolute Gasteiger partial charge is 0.325 e. The molecule has 1 aliphatic heterocycles. The number of para-hydroxylation sites is 2. The zero-order valence-corrected chi connectivity index (χ0v) is 19.4. The van der Waals surface area contributed by atoms with Crippen molar-refractivity contribution in [3.05, 3.63) is 58.4 Å². The number of thiophene rings is 1. The van der Waals surface area contributed by atoms with Crippen LogP contribution in [-0.2, 0) is 19.1 Å². The predicted molar refractivity (Wildman–Crippen MR) is 127 cm³/mol. The molecule has 0 saturated carbocycles. The van der Waals surface area contributed by atoms with Crippen LogP contribution in [0.2, 0.25) is 5.02 Å². The molecular formula is C23H20ClN3O5S. The van der Waals surface area contributed by atoms with Gasteiger partial charge >= 0.3 is 5.97 Å². The van der Waals surface area contributed by atoms with Crippen LogP contribution < -0.4 is 15.5 Å². The van der Waals surface area contributed by atoms with E-state index in [0.29, 0.717) is 21.3 Å². The van der Waals surface area contributed by atoms with Gasteiger partial charge in [0.25, 0.3) is 11.8 Å². The van der Waals surface area contributed by atoms with Gasteiger partial charge in [-0.05, 0) is 32.0 Å². The standard InChI is InChI=1S/C23H20ClN3O5S/c1-23(2)22(31)26-14-8-4-5-9-15(14)27(23)17(28)12-32-18(29)11-25-21(30)20-19(24)13-7-3-6-10-16(13)33-20/h3-10H,11-12H2,1-2H3,(H,25,30)(H,26,31). The van der Waals surface area contributed by atoms with Crippen molar-refractivity contribution in [1.29, 1.82) is 0 Å². The lowest BCUT2D eigenvalue weighted by Gasteiger charge is -2.41. The van der Waals surface area contributed by atoms with E-state index in [0.717, 1.165) is 10.1 Å². The molecule has 0 radical (unpaired) electrons. The minimum atomic E-state index is -1.18. The topological polar surface area (TPSA) is 105 Å². The van der Waals surface area contributed by atoms with Gasteiger partial charge in [0, 0.05) is 10.1 Å². The third-order valence-electron chi connectivity index (χ3n) is 5.25. The number of hydrogen-bond acceptors (Lipinski definition) is 6. The van der Waals surface area contributed by atoms with E-state index >= 15 is 0 Å². The van der Waals surface area contributed by atoms with Crippen LogP contribution in [0.5, 0.6) is 0 Å². The number of amides is 3. The fraction of sp³-hybridized carbons (Fsp3) is 0.217. The second kappa shape index (κ2) is 8.84. The van der Waals surface area contributed by atoms with Crippen molar-refractivity contribution in [3.63, 3.8) is 0 Å². The van der Waals surface area contributed by atoms with E-state index in [1.807, 2.05) is 24.3 Å². The van der Waals surface area contributed by atoms with E-state index < -0.39 is 36.5 Å². The number of carbonyl (C=O) groups excluding carboxylic acids is 4. The molecular weight excluding hydrogens is 466 g/mol. The van der Waals surface area contributed by atoms with Gasteiger partial charge < -0.3 is 15.4 Å². The maximum absolute atomic E-state index is 12.9. The zero-order valence-electron chi connectivity index (χ0n) is 17.8. The molecule has 0 spiro atoms. The minimum absolute atomic E-state index is 0.291. The molecule has 2 heterocycles. The number of nitrogens with zero attached hydrogens (tertiary/aromatic N) is 1. The average molecular weight is 486 g/mol. The molecule has 0 aliphatic carbocycles. The lowest BCUT2D eigenvalue weighted by Crippen LogP contribution is -2.59. The van der Waals surface area contributed by atoms with Crippen LogP contribution >= 0.6 is 22.9 Å². The number of carbonyl (C=O) groups is 4. The van der Waals surface area contributed by atoms with Gasteiger partial charge in [0.15, 0.2) is 6.61 Å². The summed E-state index contributed by atoms with van der Waals surface area (Å²) in [6.45, 7) is 2.19. The SMILES string of the molecule is CC1(C)C(=O)Nc2ccccc2N1C(=O)COC(=O)CNC(=O)c1sc2ccccc2c1Cl. The normalized spacial score (nSPS) is 14.4. The van der Waals surface area contributed by atoms with Crippen molar-refractivity contribution in [1.82, 2.24) is 5.32 Å². The minimum Gasteiger partial charge on any atom is -0.454 e.